The van der Waals surface area contributed by atoms with Gasteiger partial charge < -0.3 is 5.73 Å². The lowest BCUT2D eigenvalue weighted by molar-refractivity contribution is 0.328. The Bertz CT molecular complexity index is 597. The first-order valence-corrected chi connectivity index (χ1v) is 8.69. The Balaban J connectivity index is 2.25. The van der Waals surface area contributed by atoms with Gasteiger partial charge in [-0.05, 0) is 32.6 Å². The van der Waals surface area contributed by atoms with Gasteiger partial charge >= 0.3 is 0 Å². The molecule has 21 heavy (non-hydrogen) atoms. The second kappa shape index (κ2) is 6.15. The molecule has 1 fully saturated rings. The van der Waals surface area contributed by atoms with Gasteiger partial charge in [0, 0.05) is 0 Å². The third-order valence-electron chi connectivity index (χ3n) is 4.07. The predicted octanol–water partition coefficient (Wildman–Crippen LogP) is 1.19. The van der Waals surface area contributed by atoms with Crippen molar-refractivity contribution in [1.29, 1.82) is 5.41 Å². The van der Waals surface area contributed by atoms with Crippen LogP contribution in [0.15, 0.2) is 4.90 Å². The largest absolute Gasteiger partial charge is 0.386 e. The fourth-order valence-electron chi connectivity index (χ4n) is 3.04. The highest BCUT2D eigenvalue weighted by atomic mass is 32.2. The van der Waals surface area contributed by atoms with E-state index in [1.165, 1.54) is 0 Å². The molecule has 8 heteroatoms. The number of nitrogens with zero attached hydrogens (tertiary/aromatic N) is 1. The van der Waals surface area contributed by atoms with Gasteiger partial charge in [0.1, 0.15) is 10.7 Å². The highest BCUT2D eigenvalue weighted by molar-refractivity contribution is 7.89. The Morgan fingerprint density at radius 2 is 2.00 bits per heavy atom. The minimum Gasteiger partial charge on any atom is -0.386 e. The number of aryl methyl sites for hydroxylation is 2. The van der Waals surface area contributed by atoms with Gasteiger partial charge in [-0.3, -0.25) is 10.5 Å². The second-order valence-electron chi connectivity index (χ2n) is 5.72. The highest BCUT2D eigenvalue weighted by Gasteiger charge is 2.32. The average Bonchev–Trinajstić information content (AvgIpc) is 2.77. The minimum atomic E-state index is -3.74. The van der Waals surface area contributed by atoms with E-state index in [2.05, 4.69) is 14.9 Å². The van der Waals surface area contributed by atoms with Crippen LogP contribution in [0.25, 0.3) is 0 Å². The normalized spacial score (nSPS) is 18.6. The van der Waals surface area contributed by atoms with Crippen LogP contribution in [0.1, 0.15) is 43.5 Å². The van der Waals surface area contributed by atoms with Gasteiger partial charge in [0.15, 0.2) is 0 Å². The van der Waals surface area contributed by atoms with Gasteiger partial charge in [-0.25, -0.2) is 13.1 Å². The molecule has 0 bridgehead atoms. The van der Waals surface area contributed by atoms with Crippen LogP contribution >= 0.6 is 0 Å². The molecule has 1 aliphatic rings. The lowest BCUT2D eigenvalue weighted by atomic mass is 9.84. The van der Waals surface area contributed by atoms with Crippen molar-refractivity contribution in [2.24, 2.45) is 11.7 Å². The predicted molar refractivity (Wildman–Crippen MR) is 80.7 cm³/mol. The van der Waals surface area contributed by atoms with Gasteiger partial charge in [0.25, 0.3) is 0 Å². The van der Waals surface area contributed by atoms with E-state index in [1.54, 1.807) is 13.8 Å². The van der Waals surface area contributed by atoms with Crippen LogP contribution in [0.4, 0.5) is 0 Å². The Labute approximate surface area is 125 Å². The number of H-pyrrole nitrogens is 1. The van der Waals surface area contributed by atoms with Crippen molar-refractivity contribution in [3.63, 3.8) is 0 Å². The third kappa shape index (κ3) is 3.44. The van der Waals surface area contributed by atoms with Crippen LogP contribution in [0, 0.1) is 25.2 Å². The number of sulfonamides is 1. The number of aromatic nitrogens is 2. The van der Waals surface area contributed by atoms with Crippen molar-refractivity contribution in [1.82, 2.24) is 14.9 Å². The summed E-state index contributed by atoms with van der Waals surface area (Å²) < 4.78 is 27.7. The third-order valence-corrected chi connectivity index (χ3v) is 5.77. The first-order valence-electron chi connectivity index (χ1n) is 7.20. The van der Waals surface area contributed by atoms with E-state index >= 15 is 0 Å². The standard InChI is InChI=1S/C13H23N5O2S/c1-8-12(9(2)17-16-8)21(19,20)18-11(13(14)15)10-6-4-3-5-7-10/h10-11,18H,3-7H2,1-2H3,(H3,14,15)(H,16,17). The van der Waals surface area contributed by atoms with E-state index in [4.69, 9.17) is 11.1 Å². The maximum absolute atomic E-state index is 12.6. The van der Waals surface area contributed by atoms with Crippen molar-refractivity contribution in [3.8, 4) is 0 Å². The van der Waals surface area contributed by atoms with Crippen LogP contribution < -0.4 is 10.5 Å². The molecule has 1 unspecified atom stereocenters. The molecular formula is C13H23N5O2S. The summed E-state index contributed by atoms with van der Waals surface area (Å²) in [4.78, 5) is 0.157. The van der Waals surface area contributed by atoms with Crippen molar-refractivity contribution < 1.29 is 8.42 Å². The van der Waals surface area contributed by atoms with Crippen molar-refractivity contribution in [2.45, 2.75) is 56.9 Å². The first kappa shape index (κ1) is 16.0. The number of rotatable bonds is 5. The zero-order valence-electron chi connectivity index (χ0n) is 12.4. The van der Waals surface area contributed by atoms with E-state index in [0.29, 0.717) is 11.4 Å². The average molecular weight is 313 g/mol. The molecule has 7 nitrogen and oxygen atoms in total. The molecule has 1 aliphatic carbocycles. The molecule has 118 valence electrons. The molecular weight excluding hydrogens is 290 g/mol. The van der Waals surface area contributed by atoms with Crippen molar-refractivity contribution in [3.05, 3.63) is 11.4 Å². The van der Waals surface area contributed by atoms with Crippen molar-refractivity contribution in [2.75, 3.05) is 0 Å². The van der Waals surface area contributed by atoms with Gasteiger partial charge in [0.2, 0.25) is 10.0 Å². The molecule has 0 spiro atoms. The number of amidine groups is 1. The molecule has 0 amide bonds. The molecule has 0 saturated heterocycles. The maximum Gasteiger partial charge on any atom is 0.244 e. The monoisotopic (exact) mass is 313 g/mol. The summed E-state index contributed by atoms with van der Waals surface area (Å²) in [6.45, 7) is 3.30. The smallest absolute Gasteiger partial charge is 0.244 e. The van der Waals surface area contributed by atoms with Gasteiger partial charge in [-0.1, -0.05) is 19.3 Å². The molecule has 1 saturated carbocycles. The van der Waals surface area contributed by atoms with Crippen LogP contribution in [0.2, 0.25) is 0 Å². The number of aromatic amines is 1. The second-order valence-corrected chi connectivity index (χ2v) is 7.37. The molecule has 1 aromatic rings. The number of nitrogens with two attached hydrogens (primary N) is 1. The summed E-state index contributed by atoms with van der Waals surface area (Å²) >= 11 is 0. The van der Waals surface area contributed by atoms with Crippen molar-refractivity contribution >= 4 is 15.9 Å². The molecule has 0 aromatic carbocycles. The highest BCUT2D eigenvalue weighted by Crippen LogP contribution is 2.28. The molecule has 0 aliphatic heterocycles. The fraction of sp³-hybridized carbons (Fsp3) is 0.692. The fourth-order valence-corrected chi connectivity index (χ4v) is 4.70. The summed E-state index contributed by atoms with van der Waals surface area (Å²) in [7, 11) is -3.74. The van der Waals surface area contributed by atoms with E-state index in [9.17, 15) is 8.42 Å². The number of nitrogens with one attached hydrogen (secondary N) is 3. The Hall–Kier alpha value is -1.41. The number of hydrogen-bond acceptors (Lipinski definition) is 4. The summed E-state index contributed by atoms with van der Waals surface area (Å²) in [5.74, 6) is -0.0252. The lowest BCUT2D eigenvalue weighted by Gasteiger charge is -2.29. The zero-order valence-corrected chi connectivity index (χ0v) is 13.3. The molecule has 1 heterocycles. The van der Waals surface area contributed by atoms with E-state index < -0.39 is 16.1 Å². The Kier molecular flexibility index (Phi) is 4.67. The molecule has 5 N–H and O–H groups in total. The van der Waals surface area contributed by atoms with Crippen LogP contribution in [0.3, 0.4) is 0 Å². The van der Waals surface area contributed by atoms with E-state index in [0.717, 1.165) is 32.1 Å². The first-order chi connectivity index (χ1) is 9.83. The molecule has 2 rings (SSSR count). The summed E-state index contributed by atoms with van der Waals surface area (Å²) in [5.41, 5.74) is 6.55. The Morgan fingerprint density at radius 3 is 2.48 bits per heavy atom. The molecule has 1 aromatic heterocycles. The zero-order chi connectivity index (χ0) is 15.6. The van der Waals surface area contributed by atoms with E-state index in [1.807, 2.05) is 0 Å². The summed E-state index contributed by atoms with van der Waals surface area (Å²) in [6.07, 6.45) is 5.07. The quantitative estimate of drug-likeness (QED) is 0.481. The lowest BCUT2D eigenvalue weighted by Crippen LogP contribution is -2.49. The van der Waals surface area contributed by atoms with Gasteiger partial charge in [0.05, 0.1) is 17.4 Å². The minimum absolute atomic E-state index is 0.0959. The SMILES string of the molecule is Cc1n[nH]c(C)c1S(=O)(=O)NC(C(=N)N)C1CCCCC1. The molecule has 0 radical (unpaired) electrons. The summed E-state index contributed by atoms with van der Waals surface area (Å²) in [5, 5.41) is 14.3. The number of hydrogen-bond donors (Lipinski definition) is 4. The maximum atomic E-state index is 12.6. The van der Waals surface area contributed by atoms with Gasteiger partial charge in [-0.2, -0.15) is 5.10 Å². The Morgan fingerprint density at radius 1 is 1.38 bits per heavy atom. The van der Waals surface area contributed by atoms with Gasteiger partial charge in [-0.15, -0.1) is 0 Å². The van der Waals surface area contributed by atoms with Crippen LogP contribution in [-0.4, -0.2) is 30.5 Å². The van der Waals surface area contributed by atoms with Crippen LogP contribution in [-0.2, 0) is 10.0 Å². The van der Waals surface area contributed by atoms with E-state index in [-0.39, 0.29) is 16.6 Å². The topological polar surface area (TPSA) is 125 Å². The molecule has 1 atom stereocenters. The summed E-state index contributed by atoms with van der Waals surface area (Å²) in [6, 6.07) is -0.635. The van der Waals surface area contributed by atoms with Crippen LogP contribution in [0.5, 0.6) is 0 Å².